The Labute approximate surface area is 141 Å². The zero-order valence-electron chi connectivity index (χ0n) is 14.5. The summed E-state index contributed by atoms with van der Waals surface area (Å²) in [5.41, 5.74) is 3.42. The largest absolute Gasteiger partial charge is 0.438 e. The smallest absolute Gasteiger partial charge is 0.251 e. The molecule has 0 fully saturated rings. The van der Waals surface area contributed by atoms with E-state index in [1.165, 1.54) is 5.56 Å². The van der Waals surface area contributed by atoms with Gasteiger partial charge in [-0.15, -0.1) is 0 Å². The SMILES string of the molecule is CC(NC(=O)c1ccc(C(C)(C)C)cc1)c1nc2ccccc2o1. The van der Waals surface area contributed by atoms with E-state index >= 15 is 0 Å². The molecule has 0 spiro atoms. The number of fused-ring (bicyclic) bond motifs is 1. The number of carbonyl (C=O) groups is 1. The second-order valence-corrected chi connectivity index (χ2v) is 7.04. The number of aromatic nitrogens is 1. The lowest BCUT2D eigenvalue weighted by Gasteiger charge is -2.19. The van der Waals surface area contributed by atoms with Crippen LogP contribution in [0.2, 0.25) is 0 Å². The Kier molecular flexibility index (Phi) is 4.14. The van der Waals surface area contributed by atoms with Gasteiger partial charge in [0.1, 0.15) is 11.6 Å². The summed E-state index contributed by atoms with van der Waals surface area (Å²) < 4.78 is 5.70. The number of benzene rings is 2. The average molecular weight is 322 g/mol. The van der Waals surface area contributed by atoms with Crippen LogP contribution in [0.3, 0.4) is 0 Å². The second kappa shape index (κ2) is 6.11. The molecule has 0 aliphatic heterocycles. The van der Waals surface area contributed by atoms with Crippen LogP contribution >= 0.6 is 0 Å². The van der Waals surface area contributed by atoms with E-state index in [4.69, 9.17) is 4.42 Å². The Morgan fingerprint density at radius 2 is 1.75 bits per heavy atom. The standard InChI is InChI=1S/C20H22N2O2/c1-13(19-22-16-7-5-6-8-17(16)24-19)21-18(23)14-9-11-15(12-10-14)20(2,3)4/h5-13H,1-4H3,(H,21,23). The van der Waals surface area contributed by atoms with Crippen LogP contribution in [-0.4, -0.2) is 10.9 Å². The summed E-state index contributed by atoms with van der Waals surface area (Å²) in [6.07, 6.45) is 0. The molecule has 24 heavy (non-hydrogen) atoms. The Morgan fingerprint density at radius 1 is 1.08 bits per heavy atom. The van der Waals surface area contributed by atoms with Gasteiger partial charge in [-0.1, -0.05) is 45.0 Å². The molecule has 4 heteroatoms. The van der Waals surface area contributed by atoms with Crippen molar-refractivity contribution < 1.29 is 9.21 Å². The van der Waals surface area contributed by atoms with Gasteiger partial charge < -0.3 is 9.73 Å². The van der Waals surface area contributed by atoms with Crippen LogP contribution in [0.25, 0.3) is 11.1 Å². The molecule has 0 bridgehead atoms. The first-order valence-electron chi connectivity index (χ1n) is 8.11. The van der Waals surface area contributed by atoms with E-state index in [2.05, 4.69) is 31.1 Å². The van der Waals surface area contributed by atoms with Gasteiger partial charge >= 0.3 is 0 Å². The van der Waals surface area contributed by atoms with Crippen molar-refractivity contribution in [3.05, 3.63) is 65.5 Å². The second-order valence-electron chi connectivity index (χ2n) is 7.04. The number of hydrogen-bond acceptors (Lipinski definition) is 3. The van der Waals surface area contributed by atoms with E-state index < -0.39 is 0 Å². The van der Waals surface area contributed by atoms with Crippen LogP contribution in [0.1, 0.15) is 55.5 Å². The Morgan fingerprint density at radius 3 is 2.38 bits per heavy atom. The van der Waals surface area contributed by atoms with Gasteiger partial charge in [-0.05, 0) is 42.2 Å². The summed E-state index contributed by atoms with van der Waals surface area (Å²) >= 11 is 0. The van der Waals surface area contributed by atoms with Gasteiger partial charge in [0, 0.05) is 5.56 Å². The normalized spacial score (nSPS) is 13.0. The zero-order chi connectivity index (χ0) is 17.3. The van der Waals surface area contributed by atoms with Gasteiger partial charge in [-0.25, -0.2) is 4.98 Å². The third-order valence-corrected chi connectivity index (χ3v) is 4.04. The van der Waals surface area contributed by atoms with E-state index in [1.807, 2.05) is 55.5 Å². The summed E-state index contributed by atoms with van der Waals surface area (Å²) in [6.45, 7) is 8.32. The minimum absolute atomic E-state index is 0.0699. The number of nitrogens with zero attached hydrogens (tertiary/aromatic N) is 1. The van der Waals surface area contributed by atoms with Gasteiger partial charge in [-0.3, -0.25) is 4.79 Å². The van der Waals surface area contributed by atoms with Crippen molar-refractivity contribution in [2.45, 2.75) is 39.2 Å². The van der Waals surface area contributed by atoms with Gasteiger partial charge in [0.15, 0.2) is 5.58 Å². The number of oxazole rings is 1. The number of hydrogen-bond donors (Lipinski definition) is 1. The topological polar surface area (TPSA) is 55.1 Å². The molecule has 3 rings (SSSR count). The lowest BCUT2D eigenvalue weighted by molar-refractivity contribution is 0.0934. The Bertz CT molecular complexity index is 824. The fourth-order valence-corrected chi connectivity index (χ4v) is 2.54. The van der Waals surface area contributed by atoms with Gasteiger partial charge in [0.25, 0.3) is 5.91 Å². The van der Waals surface area contributed by atoms with Gasteiger partial charge in [0.2, 0.25) is 5.89 Å². The van der Waals surface area contributed by atoms with E-state index in [-0.39, 0.29) is 17.4 Å². The number of nitrogens with one attached hydrogen (secondary N) is 1. The van der Waals surface area contributed by atoms with Crippen LogP contribution < -0.4 is 5.32 Å². The highest BCUT2D eigenvalue weighted by molar-refractivity contribution is 5.94. The first-order valence-corrected chi connectivity index (χ1v) is 8.11. The van der Waals surface area contributed by atoms with E-state index in [0.717, 1.165) is 11.1 Å². The molecule has 0 saturated heterocycles. The van der Waals surface area contributed by atoms with Crippen molar-refractivity contribution >= 4 is 17.0 Å². The Hall–Kier alpha value is -2.62. The van der Waals surface area contributed by atoms with Crippen molar-refractivity contribution in [2.75, 3.05) is 0 Å². The number of para-hydroxylation sites is 2. The molecule has 0 radical (unpaired) electrons. The molecule has 1 unspecified atom stereocenters. The van der Waals surface area contributed by atoms with E-state index in [1.54, 1.807) is 0 Å². The molecular formula is C20H22N2O2. The number of carbonyl (C=O) groups excluding carboxylic acids is 1. The molecule has 124 valence electrons. The molecule has 1 amide bonds. The fourth-order valence-electron chi connectivity index (χ4n) is 2.54. The molecule has 1 atom stereocenters. The Balaban J connectivity index is 1.74. The maximum atomic E-state index is 12.4. The zero-order valence-corrected chi connectivity index (χ0v) is 14.5. The maximum Gasteiger partial charge on any atom is 0.251 e. The maximum absolute atomic E-state index is 12.4. The van der Waals surface area contributed by atoms with Crippen molar-refractivity contribution in [1.82, 2.24) is 10.3 Å². The molecule has 3 aromatic rings. The molecule has 0 aliphatic carbocycles. The summed E-state index contributed by atoms with van der Waals surface area (Å²) in [6, 6.07) is 15.0. The molecule has 1 aromatic heterocycles. The molecule has 1 N–H and O–H groups in total. The summed E-state index contributed by atoms with van der Waals surface area (Å²) in [5, 5.41) is 2.94. The molecule has 0 aliphatic rings. The van der Waals surface area contributed by atoms with Crippen LogP contribution in [-0.2, 0) is 5.41 Å². The molecule has 0 saturated carbocycles. The van der Waals surface area contributed by atoms with Crippen LogP contribution in [0.5, 0.6) is 0 Å². The first kappa shape index (κ1) is 16.2. The first-order chi connectivity index (χ1) is 11.3. The van der Waals surface area contributed by atoms with Crippen LogP contribution in [0.4, 0.5) is 0 Å². The highest BCUT2D eigenvalue weighted by Crippen LogP contribution is 2.23. The van der Waals surface area contributed by atoms with E-state index in [9.17, 15) is 4.79 Å². The lowest BCUT2D eigenvalue weighted by atomic mass is 9.86. The minimum Gasteiger partial charge on any atom is -0.438 e. The summed E-state index contributed by atoms with van der Waals surface area (Å²) in [4.78, 5) is 16.8. The van der Waals surface area contributed by atoms with Crippen molar-refractivity contribution in [2.24, 2.45) is 0 Å². The summed E-state index contributed by atoms with van der Waals surface area (Å²) in [7, 11) is 0. The molecule has 1 heterocycles. The number of amides is 1. The van der Waals surface area contributed by atoms with Crippen molar-refractivity contribution in [3.8, 4) is 0 Å². The average Bonchev–Trinajstić information content (AvgIpc) is 2.98. The van der Waals surface area contributed by atoms with Crippen LogP contribution in [0, 0.1) is 0 Å². The molecule has 4 nitrogen and oxygen atoms in total. The predicted molar refractivity (Wildman–Crippen MR) is 95.0 cm³/mol. The monoisotopic (exact) mass is 322 g/mol. The van der Waals surface area contributed by atoms with Crippen molar-refractivity contribution in [1.29, 1.82) is 0 Å². The van der Waals surface area contributed by atoms with Gasteiger partial charge in [0.05, 0.1) is 0 Å². The molecule has 2 aromatic carbocycles. The lowest BCUT2D eigenvalue weighted by Crippen LogP contribution is -2.27. The highest BCUT2D eigenvalue weighted by atomic mass is 16.3. The quantitative estimate of drug-likeness (QED) is 0.765. The highest BCUT2D eigenvalue weighted by Gasteiger charge is 2.18. The summed E-state index contributed by atoms with van der Waals surface area (Å²) in [5.74, 6) is 0.376. The van der Waals surface area contributed by atoms with Gasteiger partial charge in [-0.2, -0.15) is 0 Å². The minimum atomic E-state index is -0.299. The fraction of sp³-hybridized carbons (Fsp3) is 0.300. The number of rotatable bonds is 3. The van der Waals surface area contributed by atoms with Crippen LogP contribution in [0.15, 0.2) is 52.9 Å². The predicted octanol–water partition coefficient (Wildman–Crippen LogP) is 4.62. The van der Waals surface area contributed by atoms with E-state index in [0.29, 0.717) is 11.5 Å². The van der Waals surface area contributed by atoms with Crippen molar-refractivity contribution in [3.63, 3.8) is 0 Å². The third-order valence-electron chi connectivity index (χ3n) is 4.04. The third kappa shape index (κ3) is 3.32. The molecular weight excluding hydrogens is 300 g/mol.